The van der Waals surface area contributed by atoms with Crippen LogP contribution in [0.25, 0.3) is 11.3 Å². The van der Waals surface area contributed by atoms with Crippen molar-refractivity contribution in [1.29, 1.82) is 0 Å². The van der Waals surface area contributed by atoms with E-state index in [1.54, 1.807) is 30.3 Å². The topological polar surface area (TPSA) is 125 Å². The molecule has 1 heterocycles. The van der Waals surface area contributed by atoms with E-state index in [9.17, 15) is 14.4 Å². The minimum Gasteiger partial charge on any atom is -0.355 e. The number of amides is 4. The maximum Gasteiger partial charge on any atom is 0.319 e. The summed E-state index contributed by atoms with van der Waals surface area (Å²) in [4.78, 5) is 35.9. The Morgan fingerprint density at radius 2 is 1.61 bits per heavy atom. The summed E-state index contributed by atoms with van der Waals surface area (Å²) in [6, 6.07) is 16.9. The number of rotatable bonds is 8. The third-order valence-electron chi connectivity index (χ3n) is 4.04. The first-order valence-electron chi connectivity index (χ1n) is 9.41. The molecule has 0 radical (unpaired) electrons. The Bertz CT molecular complexity index is 1060. The summed E-state index contributed by atoms with van der Waals surface area (Å²) in [5.74, 6) is -0.474. The summed E-state index contributed by atoms with van der Waals surface area (Å²) in [7, 11) is 0. The van der Waals surface area contributed by atoms with E-state index >= 15 is 0 Å². The fraction of sp³-hybridized carbons (Fsp3) is 0.0909. The van der Waals surface area contributed by atoms with Crippen LogP contribution < -0.4 is 21.3 Å². The quantitative estimate of drug-likeness (QED) is 0.418. The van der Waals surface area contributed by atoms with Gasteiger partial charge in [-0.2, -0.15) is 0 Å². The number of hydrogen-bond donors (Lipinski definition) is 4. The van der Waals surface area contributed by atoms with Gasteiger partial charge >= 0.3 is 6.03 Å². The molecule has 158 valence electrons. The van der Waals surface area contributed by atoms with Gasteiger partial charge in [-0.15, -0.1) is 6.58 Å². The molecule has 3 aromatic rings. The number of aromatic nitrogens is 1. The van der Waals surface area contributed by atoms with Crippen molar-refractivity contribution in [3.8, 4) is 11.3 Å². The Balaban J connectivity index is 1.46. The van der Waals surface area contributed by atoms with Crippen molar-refractivity contribution in [3.05, 3.63) is 79.0 Å². The minimum atomic E-state index is -0.522. The van der Waals surface area contributed by atoms with E-state index in [4.69, 9.17) is 4.52 Å². The smallest absolute Gasteiger partial charge is 0.319 e. The zero-order valence-electron chi connectivity index (χ0n) is 16.6. The lowest BCUT2D eigenvalue weighted by Gasteiger charge is -2.08. The van der Waals surface area contributed by atoms with Crippen LogP contribution in [0.2, 0.25) is 0 Å². The van der Waals surface area contributed by atoms with Crippen LogP contribution in [0.5, 0.6) is 0 Å². The summed E-state index contributed by atoms with van der Waals surface area (Å²) in [6.07, 6.45) is 1.57. The molecule has 0 saturated heterocycles. The molecule has 0 fully saturated rings. The predicted molar refractivity (Wildman–Crippen MR) is 117 cm³/mol. The Labute approximate surface area is 178 Å². The van der Waals surface area contributed by atoms with Gasteiger partial charge in [-0.3, -0.25) is 9.59 Å². The first kappa shape index (κ1) is 21.3. The molecule has 9 heteroatoms. The molecule has 0 aliphatic rings. The number of hydrogen-bond acceptors (Lipinski definition) is 5. The van der Waals surface area contributed by atoms with Crippen molar-refractivity contribution in [1.82, 2.24) is 15.8 Å². The molecule has 3 rings (SSSR count). The van der Waals surface area contributed by atoms with E-state index in [0.717, 1.165) is 5.56 Å². The van der Waals surface area contributed by atoms with Crippen LogP contribution >= 0.6 is 0 Å². The van der Waals surface area contributed by atoms with Gasteiger partial charge in [0.1, 0.15) is 0 Å². The minimum absolute atomic E-state index is 0.0804. The molecule has 4 N–H and O–H groups in total. The lowest BCUT2D eigenvalue weighted by atomic mass is 10.1. The van der Waals surface area contributed by atoms with Gasteiger partial charge < -0.3 is 25.8 Å². The van der Waals surface area contributed by atoms with Crippen LogP contribution in [0.4, 0.5) is 16.2 Å². The number of benzene rings is 2. The molecule has 0 aliphatic carbocycles. The van der Waals surface area contributed by atoms with Gasteiger partial charge in [0.05, 0.1) is 6.54 Å². The van der Waals surface area contributed by atoms with Crippen molar-refractivity contribution < 1.29 is 18.9 Å². The van der Waals surface area contributed by atoms with Crippen LogP contribution in [-0.4, -0.2) is 36.1 Å². The molecule has 0 saturated carbocycles. The number of anilines is 2. The van der Waals surface area contributed by atoms with Crippen molar-refractivity contribution >= 4 is 29.2 Å². The van der Waals surface area contributed by atoms with Gasteiger partial charge in [-0.1, -0.05) is 41.6 Å². The molecule has 0 spiro atoms. The molecule has 0 atom stereocenters. The zero-order valence-corrected chi connectivity index (χ0v) is 16.6. The van der Waals surface area contributed by atoms with Crippen molar-refractivity contribution in [3.63, 3.8) is 0 Å². The SMILES string of the molecule is C=CCNC(=O)Nc1ccc(NC(=O)CNC(=O)c2cc(-c3ccccc3)on2)cc1. The molecular weight excluding hydrogens is 398 g/mol. The van der Waals surface area contributed by atoms with Gasteiger partial charge in [0.15, 0.2) is 11.5 Å². The van der Waals surface area contributed by atoms with E-state index in [1.807, 2.05) is 30.3 Å². The van der Waals surface area contributed by atoms with E-state index in [2.05, 4.69) is 33.0 Å². The molecule has 4 amide bonds. The molecule has 2 aromatic carbocycles. The molecule has 1 aromatic heterocycles. The van der Waals surface area contributed by atoms with Crippen molar-refractivity contribution in [2.75, 3.05) is 23.7 Å². The Kier molecular flexibility index (Phi) is 7.15. The Morgan fingerprint density at radius 1 is 0.935 bits per heavy atom. The largest absolute Gasteiger partial charge is 0.355 e. The monoisotopic (exact) mass is 419 g/mol. The third-order valence-corrected chi connectivity index (χ3v) is 4.04. The van der Waals surface area contributed by atoms with Gasteiger partial charge in [0.2, 0.25) is 5.91 Å². The Morgan fingerprint density at radius 3 is 2.29 bits per heavy atom. The second-order valence-electron chi connectivity index (χ2n) is 6.37. The molecule has 31 heavy (non-hydrogen) atoms. The molecular formula is C22H21N5O4. The summed E-state index contributed by atoms with van der Waals surface area (Å²) < 4.78 is 5.18. The van der Waals surface area contributed by atoms with Gasteiger partial charge in [0, 0.05) is 29.5 Å². The standard InChI is InChI=1S/C22H21N5O4/c1-2-12-23-22(30)26-17-10-8-16(9-11-17)25-20(28)14-24-21(29)18-13-19(31-27-18)15-6-4-3-5-7-15/h2-11,13H,1,12,14H2,(H,24,29)(H,25,28)(H2,23,26,30). The average molecular weight is 419 g/mol. The lowest BCUT2D eigenvalue weighted by molar-refractivity contribution is -0.115. The number of nitrogens with zero attached hydrogens (tertiary/aromatic N) is 1. The normalized spacial score (nSPS) is 10.1. The number of nitrogens with one attached hydrogen (secondary N) is 4. The second-order valence-corrected chi connectivity index (χ2v) is 6.37. The number of carbonyl (C=O) groups is 3. The summed E-state index contributed by atoms with van der Waals surface area (Å²) in [5, 5.41) is 14.1. The molecule has 9 nitrogen and oxygen atoms in total. The lowest BCUT2D eigenvalue weighted by Crippen LogP contribution is -2.33. The highest BCUT2D eigenvalue weighted by Crippen LogP contribution is 2.19. The van der Waals surface area contributed by atoms with Crippen LogP contribution in [0, 0.1) is 0 Å². The Hall–Kier alpha value is -4.40. The van der Waals surface area contributed by atoms with E-state index in [1.165, 1.54) is 6.07 Å². The first-order chi connectivity index (χ1) is 15.0. The molecule has 0 aliphatic heterocycles. The fourth-order valence-corrected chi connectivity index (χ4v) is 2.55. The highest BCUT2D eigenvalue weighted by Gasteiger charge is 2.14. The summed E-state index contributed by atoms with van der Waals surface area (Å²) in [5.41, 5.74) is 1.96. The predicted octanol–water partition coefficient (Wildman–Crippen LogP) is 3.02. The maximum atomic E-state index is 12.2. The van der Waals surface area contributed by atoms with Crippen LogP contribution in [0.1, 0.15) is 10.5 Å². The van der Waals surface area contributed by atoms with Crippen LogP contribution in [0.3, 0.4) is 0 Å². The van der Waals surface area contributed by atoms with E-state index in [-0.39, 0.29) is 18.3 Å². The number of carbonyl (C=O) groups excluding carboxylic acids is 3. The molecule has 0 bridgehead atoms. The highest BCUT2D eigenvalue weighted by atomic mass is 16.5. The fourth-order valence-electron chi connectivity index (χ4n) is 2.55. The third kappa shape index (κ3) is 6.29. The highest BCUT2D eigenvalue weighted by molar-refractivity contribution is 5.99. The second kappa shape index (κ2) is 10.4. The van der Waals surface area contributed by atoms with Crippen molar-refractivity contribution in [2.45, 2.75) is 0 Å². The van der Waals surface area contributed by atoms with Crippen LogP contribution in [0.15, 0.2) is 77.8 Å². The van der Waals surface area contributed by atoms with E-state index < -0.39 is 11.8 Å². The summed E-state index contributed by atoms with van der Waals surface area (Å²) >= 11 is 0. The molecule has 0 unspecified atom stereocenters. The van der Waals surface area contributed by atoms with Gasteiger partial charge in [0.25, 0.3) is 5.91 Å². The van der Waals surface area contributed by atoms with Crippen molar-refractivity contribution in [2.24, 2.45) is 0 Å². The first-order valence-corrected chi connectivity index (χ1v) is 9.41. The maximum absolute atomic E-state index is 12.2. The van der Waals surface area contributed by atoms with Gasteiger partial charge in [-0.25, -0.2) is 4.79 Å². The average Bonchev–Trinajstić information content (AvgIpc) is 3.28. The van der Waals surface area contributed by atoms with Gasteiger partial charge in [-0.05, 0) is 24.3 Å². The summed E-state index contributed by atoms with van der Waals surface area (Å²) in [6.45, 7) is 3.63. The van der Waals surface area contributed by atoms with Crippen LogP contribution in [-0.2, 0) is 4.79 Å². The van der Waals surface area contributed by atoms with E-state index in [0.29, 0.717) is 23.7 Å². The number of urea groups is 1. The zero-order chi connectivity index (χ0) is 22.1.